The van der Waals surface area contributed by atoms with Gasteiger partial charge in [0.2, 0.25) is 5.91 Å². The first-order valence-corrected chi connectivity index (χ1v) is 12.1. The number of hydrogen-bond acceptors (Lipinski definition) is 8. The van der Waals surface area contributed by atoms with Gasteiger partial charge in [0.1, 0.15) is 0 Å². The summed E-state index contributed by atoms with van der Waals surface area (Å²) in [4.78, 5) is 59.5. The Morgan fingerprint density at radius 2 is 1.19 bits per heavy atom. The predicted molar refractivity (Wildman–Crippen MR) is 136 cm³/mol. The molecule has 0 saturated heterocycles. The van der Waals surface area contributed by atoms with E-state index >= 15 is 0 Å². The molecule has 0 bridgehead atoms. The fourth-order valence-electron chi connectivity index (χ4n) is 3.02. The molecule has 2 aromatic rings. The lowest BCUT2D eigenvalue weighted by atomic mass is 10.2. The molecule has 10 heteroatoms. The molecule has 0 aliphatic rings. The minimum Gasteiger partial charge on any atom is -0.462 e. The molecule has 2 amide bonds. The molecule has 2 aromatic carbocycles. The van der Waals surface area contributed by atoms with Crippen LogP contribution in [0.25, 0.3) is 0 Å². The largest absolute Gasteiger partial charge is 0.462 e. The van der Waals surface area contributed by atoms with E-state index < -0.39 is 30.4 Å². The van der Waals surface area contributed by atoms with Crippen LogP contribution in [0.5, 0.6) is 0 Å². The van der Waals surface area contributed by atoms with Gasteiger partial charge in [-0.2, -0.15) is 0 Å². The Bertz CT molecular complexity index is 1060. The lowest BCUT2D eigenvalue weighted by Gasteiger charge is -2.08. The molecule has 0 heterocycles. The lowest BCUT2D eigenvalue weighted by Crippen LogP contribution is -2.21. The second-order valence-electron chi connectivity index (χ2n) is 7.98. The van der Waals surface area contributed by atoms with Gasteiger partial charge in [-0.15, -0.1) is 0 Å². The number of unbranched alkanes of at least 4 members (excludes halogenated alkanes) is 1. The second-order valence-corrected chi connectivity index (χ2v) is 7.98. The van der Waals surface area contributed by atoms with E-state index in [1.54, 1.807) is 43.3 Å². The van der Waals surface area contributed by atoms with Crippen LogP contribution in [-0.4, -0.2) is 49.5 Å². The van der Waals surface area contributed by atoms with Gasteiger partial charge in [0, 0.05) is 24.2 Å². The molecule has 2 rings (SSSR count). The number of carbonyl (C=O) groups excluding carboxylic acids is 5. The highest BCUT2D eigenvalue weighted by atomic mass is 16.5. The molecule has 0 aromatic heterocycles. The predicted octanol–water partition coefficient (Wildman–Crippen LogP) is 4.11. The molecule has 0 aliphatic carbocycles. The van der Waals surface area contributed by atoms with Gasteiger partial charge in [0.25, 0.3) is 5.91 Å². The molecular formula is C27H32N2O8. The van der Waals surface area contributed by atoms with Crippen LogP contribution in [0.15, 0.2) is 48.5 Å². The van der Waals surface area contributed by atoms with Crippen LogP contribution >= 0.6 is 0 Å². The quantitative estimate of drug-likeness (QED) is 0.219. The van der Waals surface area contributed by atoms with E-state index in [-0.39, 0.29) is 31.8 Å². The van der Waals surface area contributed by atoms with Gasteiger partial charge in [-0.25, -0.2) is 9.59 Å². The lowest BCUT2D eigenvalue weighted by molar-refractivity contribution is -0.147. The van der Waals surface area contributed by atoms with Gasteiger partial charge in [-0.1, -0.05) is 13.3 Å². The molecule has 0 fully saturated rings. The molecule has 37 heavy (non-hydrogen) atoms. The highest BCUT2D eigenvalue weighted by molar-refractivity contribution is 5.95. The normalized spacial score (nSPS) is 10.2. The van der Waals surface area contributed by atoms with Crippen LogP contribution in [0.1, 0.15) is 66.7 Å². The van der Waals surface area contributed by atoms with Crippen molar-refractivity contribution in [3.05, 3.63) is 59.7 Å². The maximum Gasteiger partial charge on any atom is 0.338 e. The zero-order valence-electron chi connectivity index (χ0n) is 21.0. The summed E-state index contributed by atoms with van der Waals surface area (Å²) >= 11 is 0. The Hall–Kier alpha value is -4.21. The first-order chi connectivity index (χ1) is 17.8. The SMILES string of the molecule is CCCCOC(=O)c1ccc(NC(=O)COC(=O)CCCC(=O)Nc2ccc(C(=O)OCC)cc2)cc1. The number of ether oxygens (including phenoxy) is 3. The molecule has 0 aliphatic heterocycles. The summed E-state index contributed by atoms with van der Waals surface area (Å²) in [6.45, 7) is 3.88. The maximum atomic E-state index is 12.1. The van der Waals surface area contributed by atoms with Crippen LogP contribution in [0.3, 0.4) is 0 Å². The number of rotatable bonds is 14. The third kappa shape index (κ3) is 10.9. The highest BCUT2D eigenvalue weighted by Crippen LogP contribution is 2.13. The third-order valence-electron chi connectivity index (χ3n) is 4.96. The van der Waals surface area contributed by atoms with E-state index in [0.717, 1.165) is 12.8 Å². The van der Waals surface area contributed by atoms with Gasteiger partial charge in [0.15, 0.2) is 6.61 Å². The van der Waals surface area contributed by atoms with Crippen molar-refractivity contribution in [2.75, 3.05) is 30.5 Å². The van der Waals surface area contributed by atoms with Gasteiger partial charge in [0.05, 0.1) is 24.3 Å². The molecule has 0 spiro atoms. The van der Waals surface area contributed by atoms with Gasteiger partial charge >= 0.3 is 17.9 Å². The first-order valence-electron chi connectivity index (χ1n) is 12.1. The van der Waals surface area contributed by atoms with E-state index in [0.29, 0.717) is 29.1 Å². The molecule has 0 atom stereocenters. The van der Waals surface area contributed by atoms with Crippen molar-refractivity contribution in [3.8, 4) is 0 Å². The number of nitrogens with one attached hydrogen (secondary N) is 2. The Labute approximate surface area is 215 Å². The Balaban J connectivity index is 1.64. The van der Waals surface area contributed by atoms with Crippen molar-refractivity contribution in [3.63, 3.8) is 0 Å². The fourth-order valence-corrected chi connectivity index (χ4v) is 3.02. The van der Waals surface area contributed by atoms with Crippen LogP contribution < -0.4 is 10.6 Å². The Kier molecular flexibility index (Phi) is 12.3. The summed E-state index contributed by atoms with van der Waals surface area (Å²) in [5, 5.41) is 5.25. The zero-order chi connectivity index (χ0) is 27.0. The highest BCUT2D eigenvalue weighted by Gasteiger charge is 2.12. The Morgan fingerprint density at radius 1 is 0.649 bits per heavy atom. The van der Waals surface area contributed by atoms with Gasteiger partial charge < -0.3 is 24.8 Å². The molecule has 0 radical (unpaired) electrons. The number of amides is 2. The first kappa shape index (κ1) is 29.0. The fraction of sp³-hybridized carbons (Fsp3) is 0.370. The molecule has 10 nitrogen and oxygen atoms in total. The van der Waals surface area contributed by atoms with E-state index in [4.69, 9.17) is 14.2 Å². The van der Waals surface area contributed by atoms with Gasteiger partial charge in [-0.3, -0.25) is 14.4 Å². The van der Waals surface area contributed by atoms with Crippen LogP contribution in [0.4, 0.5) is 11.4 Å². The number of anilines is 2. The summed E-state index contributed by atoms with van der Waals surface area (Å²) in [6.07, 6.45) is 2.00. The topological polar surface area (TPSA) is 137 Å². The zero-order valence-corrected chi connectivity index (χ0v) is 21.0. The van der Waals surface area contributed by atoms with Crippen molar-refractivity contribution in [2.45, 2.75) is 46.0 Å². The minimum absolute atomic E-state index is 0.0304. The monoisotopic (exact) mass is 512 g/mol. The molecule has 2 N–H and O–H groups in total. The Morgan fingerprint density at radius 3 is 1.73 bits per heavy atom. The van der Waals surface area contributed by atoms with Crippen molar-refractivity contribution in [1.29, 1.82) is 0 Å². The van der Waals surface area contributed by atoms with E-state index in [2.05, 4.69) is 10.6 Å². The maximum absolute atomic E-state index is 12.1. The van der Waals surface area contributed by atoms with Crippen LogP contribution in [0, 0.1) is 0 Å². The second kappa shape index (κ2) is 15.7. The summed E-state index contributed by atoms with van der Waals surface area (Å²) in [5.74, 6) is -2.30. The van der Waals surface area contributed by atoms with Crippen molar-refractivity contribution in [2.24, 2.45) is 0 Å². The average molecular weight is 513 g/mol. The van der Waals surface area contributed by atoms with Crippen molar-refractivity contribution in [1.82, 2.24) is 0 Å². The van der Waals surface area contributed by atoms with E-state index in [1.165, 1.54) is 12.1 Å². The molecule has 0 saturated carbocycles. The van der Waals surface area contributed by atoms with E-state index in [9.17, 15) is 24.0 Å². The molecular weight excluding hydrogens is 480 g/mol. The summed E-state index contributed by atoms with van der Waals surface area (Å²) in [7, 11) is 0. The summed E-state index contributed by atoms with van der Waals surface area (Å²) < 4.78 is 15.0. The number of carbonyl (C=O) groups is 5. The van der Waals surface area contributed by atoms with Crippen molar-refractivity contribution >= 4 is 41.1 Å². The van der Waals surface area contributed by atoms with Crippen LogP contribution in [-0.2, 0) is 28.6 Å². The standard InChI is InChI=1S/C27H32N2O8/c1-3-5-17-36-27(34)20-11-15-22(16-12-20)29-24(31)18-37-25(32)8-6-7-23(30)28-21-13-9-19(10-14-21)26(33)35-4-2/h9-16H,3-8,17-18H2,1-2H3,(H,28,30)(H,29,31). The molecule has 198 valence electrons. The van der Waals surface area contributed by atoms with E-state index in [1.807, 2.05) is 6.92 Å². The van der Waals surface area contributed by atoms with Crippen LogP contribution in [0.2, 0.25) is 0 Å². The third-order valence-corrected chi connectivity index (χ3v) is 4.96. The van der Waals surface area contributed by atoms with Crippen molar-refractivity contribution < 1.29 is 38.2 Å². The summed E-state index contributed by atoms with van der Waals surface area (Å²) in [6, 6.07) is 12.5. The van der Waals surface area contributed by atoms with Gasteiger partial charge in [-0.05, 0) is 68.3 Å². The summed E-state index contributed by atoms with van der Waals surface area (Å²) in [5.41, 5.74) is 1.71. The number of benzene rings is 2. The number of esters is 3. The smallest absolute Gasteiger partial charge is 0.338 e. The number of hydrogen-bond donors (Lipinski definition) is 2. The molecule has 0 unspecified atom stereocenters. The minimum atomic E-state index is -0.605. The average Bonchev–Trinajstić information content (AvgIpc) is 2.88.